The molecule has 5 nitrogen and oxygen atoms in total. The van der Waals surface area contributed by atoms with Gasteiger partial charge in [-0.2, -0.15) is 5.26 Å². The van der Waals surface area contributed by atoms with E-state index in [2.05, 4.69) is 10.0 Å². The Bertz CT molecular complexity index is 594. The smallest absolute Gasteiger partial charge is 0.240 e. The maximum Gasteiger partial charge on any atom is 0.240 e. The fraction of sp³-hybridized carbons (Fsp3) is 0.364. The highest BCUT2D eigenvalue weighted by Gasteiger charge is 2.23. The molecule has 0 bridgehead atoms. The third-order valence-electron chi connectivity index (χ3n) is 2.75. The minimum Gasteiger partial charge on any atom is -0.315 e. The van der Waals surface area contributed by atoms with Gasteiger partial charge in [0.25, 0.3) is 0 Å². The van der Waals surface area contributed by atoms with Gasteiger partial charge in [-0.15, -0.1) is 12.4 Å². The van der Waals surface area contributed by atoms with Gasteiger partial charge in [0.15, 0.2) is 0 Å². The molecule has 1 atom stereocenters. The summed E-state index contributed by atoms with van der Waals surface area (Å²) in [5.74, 6) is -0.723. The Labute approximate surface area is 117 Å². The molecule has 1 unspecified atom stereocenters. The van der Waals surface area contributed by atoms with Gasteiger partial charge in [-0.05, 0) is 31.2 Å². The minimum absolute atomic E-state index is 0. The van der Waals surface area contributed by atoms with Crippen LogP contribution in [0.2, 0.25) is 0 Å². The molecule has 0 aromatic heterocycles. The average Bonchev–Trinajstić information content (AvgIpc) is 2.81. The molecule has 1 aromatic rings. The van der Waals surface area contributed by atoms with Gasteiger partial charge in [-0.1, -0.05) is 0 Å². The Morgan fingerprint density at radius 3 is 2.79 bits per heavy atom. The fourth-order valence-electron chi connectivity index (χ4n) is 1.80. The summed E-state index contributed by atoms with van der Waals surface area (Å²) < 4.78 is 39.6. The topological polar surface area (TPSA) is 82.0 Å². The molecule has 19 heavy (non-hydrogen) atoms. The van der Waals surface area contributed by atoms with Crippen molar-refractivity contribution in [2.24, 2.45) is 0 Å². The molecule has 0 saturated carbocycles. The molecule has 1 saturated heterocycles. The Balaban J connectivity index is 0.00000180. The standard InChI is InChI=1S/C11H12FN3O2S.ClH/c12-11-2-1-10(5-8(11)6-13)18(16,17)15-9-3-4-14-7-9;/h1-2,5,9,14-15H,3-4,7H2;1H. The van der Waals surface area contributed by atoms with E-state index < -0.39 is 15.8 Å². The first kappa shape index (κ1) is 15.9. The van der Waals surface area contributed by atoms with Crippen LogP contribution in [0.25, 0.3) is 0 Å². The third kappa shape index (κ3) is 3.64. The first-order valence-electron chi connectivity index (χ1n) is 5.45. The van der Waals surface area contributed by atoms with Crippen molar-refractivity contribution in [3.63, 3.8) is 0 Å². The molecule has 2 N–H and O–H groups in total. The summed E-state index contributed by atoms with van der Waals surface area (Å²) in [4.78, 5) is -0.0904. The number of hydrogen-bond donors (Lipinski definition) is 2. The van der Waals surface area contributed by atoms with Crippen LogP contribution in [0.5, 0.6) is 0 Å². The van der Waals surface area contributed by atoms with Gasteiger partial charge >= 0.3 is 0 Å². The number of nitrogens with one attached hydrogen (secondary N) is 2. The number of nitrogens with zero attached hydrogens (tertiary/aromatic N) is 1. The monoisotopic (exact) mass is 305 g/mol. The van der Waals surface area contributed by atoms with Crippen LogP contribution >= 0.6 is 12.4 Å². The highest BCUT2D eigenvalue weighted by Crippen LogP contribution is 2.15. The zero-order valence-corrected chi connectivity index (χ0v) is 11.5. The largest absolute Gasteiger partial charge is 0.315 e. The van der Waals surface area contributed by atoms with E-state index in [0.29, 0.717) is 13.0 Å². The molecular formula is C11H13ClFN3O2S. The van der Waals surface area contributed by atoms with Crippen molar-refractivity contribution < 1.29 is 12.8 Å². The number of nitriles is 1. The number of rotatable bonds is 3. The van der Waals surface area contributed by atoms with Crippen LogP contribution < -0.4 is 10.0 Å². The van der Waals surface area contributed by atoms with Crippen LogP contribution in [0, 0.1) is 17.1 Å². The summed E-state index contributed by atoms with van der Waals surface area (Å²) in [6.07, 6.45) is 0.714. The van der Waals surface area contributed by atoms with Crippen molar-refractivity contribution in [2.45, 2.75) is 17.4 Å². The molecule has 0 radical (unpaired) electrons. The molecule has 104 valence electrons. The summed E-state index contributed by atoms with van der Waals surface area (Å²) in [5, 5.41) is 11.7. The van der Waals surface area contributed by atoms with E-state index in [1.165, 1.54) is 0 Å². The number of halogens is 2. The first-order valence-corrected chi connectivity index (χ1v) is 6.94. The summed E-state index contributed by atoms with van der Waals surface area (Å²) in [5.41, 5.74) is -0.276. The second-order valence-corrected chi connectivity index (χ2v) is 5.78. The van der Waals surface area contributed by atoms with Crippen molar-refractivity contribution in [1.82, 2.24) is 10.0 Å². The molecule has 0 spiro atoms. The molecular weight excluding hydrogens is 293 g/mol. The zero-order valence-electron chi connectivity index (χ0n) is 9.89. The lowest BCUT2D eigenvalue weighted by Crippen LogP contribution is -2.36. The van der Waals surface area contributed by atoms with E-state index in [9.17, 15) is 12.8 Å². The van der Waals surface area contributed by atoms with E-state index in [-0.39, 0.29) is 28.9 Å². The number of benzene rings is 1. The lowest BCUT2D eigenvalue weighted by Gasteiger charge is -2.12. The highest BCUT2D eigenvalue weighted by atomic mass is 35.5. The molecule has 8 heteroatoms. The lowest BCUT2D eigenvalue weighted by molar-refractivity contribution is 0.559. The van der Waals surface area contributed by atoms with E-state index in [0.717, 1.165) is 24.7 Å². The van der Waals surface area contributed by atoms with E-state index in [1.807, 2.05) is 0 Å². The summed E-state index contributed by atoms with van der Waals surface area (Å²) >= 11 is 0. The van der Waals surface area contributed by atoms with E-state index >= 15 is 0 Å². The predicted octanol–water partition coefficient (Wildman–Crippen LogP) is 0.759. The van der Waals surface area contributed by atoms with Crippen molar-refractivity contribution in [1.29, 1.82) is 5.26 Å². The van der Waals surface area contributed by atoms with Gasteiger partial charge in [-0.3, -0.25) is 0 Å². The molecule has 1 aliphatic heterocycles. The normalized spacial score (nSPS) is 18.6. The second kappa shape index (κ2) is 6.30. The second-order valence-electron chi connectivity index (χ2n) is 4.06. The van der Waals surface area contributed by atoms with Crippen LogP contribution in [0.15, 0.2) is 23.1 Å². The van der Waals surface area contributed by atoms with Crippen LogP contribution in [-0.4, -0.2) is 27.5 Å². The summed E-state index contributed by atoms with van der Waals surface area (Å²) in [6.45, 7) is 1.34. The van der Waals surface area contributed by atoms with E-state index in [1.54, 1.807) is 6.07 Å². The van der Waals surface area contributed by atoms with Gasteiger partial charge < -0.3 is 5.32 Å². The molecule has 0 amide bonds. The van der Waals surface area contributed by atoms with Crippen LogP contribution in [0.3, 0.4) is 0 Å². The van der Waals surface area contributed by atoms with Crippen molar-refractivity contribution in [3.8, 4) is 6.07 Å². The molecule has 1 aromatic carbocycles. The quantitative estimate of drug-likeness (QED) is 0.864. The maximum atomic E-state index is 13.1. The minimum atomic E-state index is -3.70. The van der Waals surface area contributed by atoms with Crippen molar-refractivity contribution in [3.05, 3.63) is 29.6 Å². The molecule has 0 aliphatic carbocycles. The highest BCUT2D eigenvalue weighted by molar-refractivity contribution is 7.89. The third-order valence-corrected chi connectivity index (χ3v) is 4.27. The Kier molecular flexibility index (Phi) is 5.26. The van der Waals surface area contributed by atoms with Crippen LogP contribution in [0.1, 0.15) is 12.0 Å². The van der Waals surface area contributed by atoms with Crippen molar-refractivity contribution >= 4 is 22.4 Å². The zero-order chi connectivity index (χ0) is 13.2. The average molecular weight is 306 g/mol. The van der Waals surface area contributed by atoms with Gasteiger partial charge in [0.1, 0.15) is 11.9 Å². The number of sulfonamides is 1. The number of hydrogen-bond acceptors (Lipinski definition) is 4. The predicted molar refractivity (Wildman–Crippen MR) is 70.0 cm³/mol. The van der Waals surface area contributed by atoms with E-state index in [4.69, 9.17) is 5.26 Å². The maximum absolute atomic E-state index is 13.1. The Morgan fingerprint density at radius 2 is 2.21 bits per heavy atom. The summed E-state index contributed by atoms with van der Waals surface area (Å²) in [6, 6.07) is 4.64. The Hall–Kier alpha value is -1.20. The van der Waals surface area contributed by atoms with Gasteiger partial charge in [0.05, 0.1) is 10.5 Å². The Morgan fingerprint density at radius 1 is 1.47 bits per heavy atom. The molecule has 2 rings (SSSR count). The fourth-order valence-corrected chi connectivity index (χ4v) is 3.10. The lowest BCUT2D eigenvalue weighted by atomic mass is 10.2. The molecule has 1 fully saturated rings. The van der Waals surface area contributed by atoms with Gasteiger partial charge in [-0.25, -0.2) is 17.5 Å². The molecule has 1 heterocycles. The van der Waals surface area contributed by atoms with Gasteiger partial charge in [0.2, 0.25) is 10.0 Å². The summed E-state index contributed by atoms with van der Waals surface area (Å²) in [7, 11) is -3.70. The first-order chi connectivity index (χ1) is 8.53. The SMILES string of the molecule is Cl.N#Cc1cc(S(=O)(=O)NC2CCNC2)ccc1F. The molecule has 1 aliphatic rings. The van der Waals surface area contributed by atoms with Gasteiger partial charge in [0, 0.05) is 12.6 Å². The van der Waals surface area contributed by atoms with Crippen molar-refractivity contribution in [2.75, 3.05) is 13.1 Å². The van der Waals surface area contributed by atoms with Crippen LogP contribution in [0.4, 0.5) is 4.39 Å². The van der Waals surface area contributed by atoms with Crippen LogP contribution in [-0.2, 0) is 10.0 Å².